The summed E-state index contributed by atoms with van der Waals surface area (Å²) in [6.45, 7) is 0. The van der Waals surface area contributed by atoms with Crippen LogP contribution in [0, 0.1) is 10.8 Å². The second-order valence-corrected chi connectivity index (χ2v) is 7.22. The number of carboxylic acid groups (broad SMARTS) is 1. The Morgan fingerprint density at radius 3 is 2.62 bits per heavy atom. The zero-order chi connectivity index (χ0) is 18.2. The van der Waals surface area contributed by atoms with Gasteiger partial charge in [-0.2, -0.15) is 0 Å². The summed E-state index contributed by atoms with van der Waals surface area (Å²) in [7, 11) is 0. The molecule has 0 aliphatic heterocycles. The molecule has 134 valence electrons. The van der Waals surface area contributed by atoms with Crippen LogP contribution < -0.4 is 10.1 Å². The van der Waals surface area contributed by atoms with E-state index in [-0.39, 0.29) is 5.41 Å². The van der Waals surface area contributed by atoms with Crippen LogP contribution in [0.25, 0.3) is 0 Å². The molecule has 2 aliphatic rings. The molecule has 0 bridgehead atoms. The van der Waals surface area contributed by atoms with Crippen LogP contribution in [-0.4, -0.2) is 27.0 Å². The Morgan fingerprint density at radius 2 is 2.00 bits per heavy atom. The highest BCUT2D eigenvalue weighted by molar-refractivity contribution is 6.09. The number of aromatic nitrogens is 2. The van der Waals surface area contributed by atoms with Gasteiger partial charge in [-0.3, -0.25) is 14.6 Å². The van der Waals surface area contributed by atoms with Crippen molar-refractivity contribution < 1.29 is 19.4 Å². The molecule has 2 N–H and O–H groups in total. The summed E-state index contributed by atoms with van der Waals surface area (Å²) < 4.78 is 5.59. The first-order valence-corrected chi connectivity index (χ1v) is 8.60. The molecule has 0 atom stereocenters. The van der Waals surface area contributed by atoms with Gasteiger partial charge < -0.3 is 15.2 Å². The number of carboxylic acids is 1. The van der Waals surface area contributed by atoms with Crippen LogP contribution in [0.15, 0.2) is 42.9 Å². The van der Waals surface area contributed by atoms with Crippen LogP contribution in [0.2, 0.25) is 0 Å². The molecule has 1 aromatic carbocycles. The number of nitrogens with one attached hydrogen (secondary N) is 1. The largest absolute Gasteiger partial charge is 0.480 e. The molecule has 4 rings (SSSR count). The monoisotopic (exact) mass is 353 g/mol. The van der Waals surface area contributed by atoms with Crippen LogP contribution in [0.4, 0.5) is 5.69 Å². The van der Waals surface area contributed by atoms with Crippen LogP contribution in [-0.2, 0) is 9.59 Å². The van der Waals surface area contributed by atoms with Crippen molar-refractivity contribution in [1.29, 1.82) is 0 Å². The zero-order valence-corrected chi connectivity index (χ0v) is 14.1. The maximum absolute atomic E-state index is 12.7. The van der Waals surface area contributed by atoms with Crippen molar-refractivity contribution in [3.8, 4) is 11.6 Å². The van der Waals surface area contributed by atoms with E-state index in [0.29, 0.717) is 30.2 Å². The Hall–Kier alpha value is -2.96. The molecule has 0 unspecified atom stereocenters. The lowest BCUT2D eigenvalue weighted by Gasteiger charge is -2.58. The third-order valence-corrected chi connectivity index (χ3v) is 5.47. The number of anilines is 1. The number of benzene rings is 1. The first-order valence-electron chi connectivity index (χ1n) is 8.60. The van der Waals surface area contributed by atoms with Gasteiger partial charge in [0.25, 0.3) is 0 Å². The van der Waals surface area contributed by atoms with Gasteiger partial charge >= 0.3 is 5.97 Å². The summed E-state index contributed by atoms with van der Waals surface area (Å²) in [5.74, 6) is -0.681. The van der Waals surface area contributed by atoms with E-state index in [1.807, 2.05) is 0 Å². The average Bonchev–Trinajstić information content (AvgIpc) is 2.53. The lowest BCUT2D eigenvalue weighted by molar-refractivity contribution is -0.178. The SMILES string of the molecule is O=C(O)C1(C(=O)Nc2cccc(Oc3cnccn3)c2)CC2(CCC2)C1. The molecule has 1 amide bonds. The van der Waals surface area contributed by atoms with Crippen molar-refractivity contribution in [3.05, 3.63) is 42.9 Å². The van der Waals surface area contributed by atoms with E-state index in [4.69, 9.17) is 4.74 Å². The van der Waals surface area contributed by atoms with E-state index in [0.717, 1.165) is 19.3 Å². The predicted molar refractivity (Wildman–Crippen MR) is 92.8 cm³/mol. The average molecular weight is 353 g/mol. The number of aliphatic carboxylic acids is 1. The fourth-order valence-corrected chi connectivity index (χ4v) is 4.01. The maximum atomic E-state index is 12.7. The molecule has 1 spiro atoms. The van der Waals surface area contributed by atoms with E-state index >= 15 is 0 Å². The first kappa shape index (κ1) is 16.5. The Morgan fingerprint density at radius 1 is 1.19 bits per heavy atom. The second kappa shape index (κ2) is 6.09. The molecule has 2 saturated carbocycles. The fraction of sp³-hybridized carbons (Fsp3) is 0.368. The summed E-state index contributed by atoms with van der Waals surface area (Å²) in [6.07, 6.45) is 8.57. The van der Waals surface area contributed by atoms with Gasteiger partial charge in [-0.25, -0.2) is 4.98 Å². The molecule has 2 aromatic rings. The van der Waals surface area contributed by atoms with Crippen LogP contribution in [0.3, 0.4) is 0 Å². The van der Waals surface area contributed by atoms with Gasteiger partial charge in [0.1, 0.15) is 11.2 Å². The van der Waals surface area contributed by atoms with Gasteiger partial charge in [0.15, 0.2) is 0 Å². The number of ether oxygens (including phenoxy) is 1. The van der Waals surface area contributed by atoms with Gasteiger partial charge in [0.05, 0.1) is 6.20 Å². The molecular formula is C19H19N3O4. The molecule has 7 heteroatoms. The molecule has 0 radical (unpaired) electrons. The Kier molecular flexibility index (Phi) is 3.86. The number of carbonyl (C=O) groups is 2. The third kappa shape index (κ3) is 2.79. The molecule has 2 fully saturated rings. The minimum absolute atomic E-state index is 0.0761. The minimum Gasteiger partial charge on any atom is -0.480 e. The standard InChI is InChI=1S/C19H19N3O4/c23-16(19(17(24)25)11-18(12-19)5-2-6-18)22-13-3-1-4-14(9-13)26-15-10-20-7-8-21-15/h1,3-4,7-10H,2,5-6,11-12H2,(H,22,23)(H,24,25). The Bertz CT molecular complexity index is 841. The van der Waals surface area contributed by atoms with Crippen molar-refractivity contribution in [2.75, 3.05) is 5.32 Å². The molecule has 0 saturated heterocycles. The van der Waals surface area contributed by atoms with Crippen molar-refractivity contribution in [3.63, 3.8) is 0 Å². The fourth-order valence-electron chi connectivity index (χ4n) is 4.01. The van der Waals surface area contributed by atoms with Crippen molar-refractivity contribution >= 4 is 17.6 Å². The molecule has 26 heavy (non-hydrogen) atoms. The summed E-state index contributed by atoms with van der Waals surface area (Å²) >= 11 is 0. The highest BCUT2D eigenvalue weighted by atomic mass is 16.5. The minimum atomic E-state index is -1.32. The number of nitrogens with zero attached hydrogens (tertiary/aromatic N) is 2. The van der Waals surface area contributed by atoms with Crippen LogP contribution in [0.5, 0.6) is 11.6 Å². The van der Waals surface area contributed by atoms with Gasteiger partial charge in [0.2, 0.25) is 11.8 Å². The molecule has 7 nitrogen and oxygen atoms in total. The van der Waals surface area contributed by atoms with E-state index in [9.17, 15) is 14.7 Å². The quantitative estimate of drug-likeness (QED) is 0.800. The van der Waals surface area contributed by atoms with Gasteiger partial charge in [0, 0.05) is 24.1 Å². The lowest BCUT2D eigenvalue weighted by Crippen LogP contribution is -2.59. The van der Waals surface area contributed by atoms with Gasteiger partial charge in [-0.1, -0.05) is 12.5 Å². The smallest absolute Gasteiger partial charge is 0.319 e. The van der Waals surface area contributed by atoms with E-state index < -0.39 is 17.3 Å². The first-order chi connectivity index (χ1) is 12.5. The van der Waals surface area contributed by atoms with Gasteiger partial charge in [-0.15, -0.1) is 0 Å². The van der Waals surface area contributed by atoms with Crippen molar-refractivity contribution in [2.45, 2.75) is 32.1 Å². The van der Waals surface area contributed by atoms with Crippen LogP contribution >= 0.6 is 0 Å². The summed E-state index contributed by atoms with van der Waals surface area (Å²) in [6, 6.07) is 6.79. The molecule has 1 heterocycles. The molecular weight excluding hydrogens is 334 g/mol. The summed E-state index contributed by atoms with van der Waals surface area (Å²) in [4.78, 5) is 32.4. The van der Waals surface area contributed by atoms with Gasteiger partial charge in [-0.05, 0) is 43.2 Å². The Labute approximate surface area is 150 Å². The van der Waals surface area contributed by atoms with Crippen molar-refractivity contribution in [2.24, 2.45) is 10.8 Å². The zero-order valence-electron chi connectivity index (χ0n) is 14.1. The topological polar surface area (TPSA) is 101 Å². The summed E-state index contributed by atoms with van der Waals surface area (Å²) in [5.41, 5.74) is -0.749. The number of carbonyl (C=O) groups excluding carboxylic acids is 1. The lowest BCUT2D eigenvalue weighted by atomic mass is 9.45. The molecule has 1 aromatic heterocycles. The molecule has 2 aliphatic carbocycles. The predicted octanol–water partition coefficient (Wildman–Crippen LogP) is 3.24. The number of hydrogen-bond acceptors (Lipinski definition) is 5. The van der Waals surface area contributed by atoms with Crippen LogP contribution in [0.1, 0.15) is 32.1 Å². The number of amides is 1. The highest BCUT2D eigenvalue weighted by Crippen LogP contribution is 2.64. The second-order valence-electron chi connectivity index (χ2n) is 7.22. The normalized spacial score (nSPS) is 19.1. The maximum Gasteiger partial charge on any atom is 0.319 e. The highest BCUT2D eigenvalue weighted by Gasteiger charge is 2.64. The number of rotatable bonds is 5. The van der Waals surface area contributed by atoms with E-state index in [2.05, 4.69) is 15.3 Å². The summed E-state index contributed by atoms with van der Waals surface area (Å²) in [5, 5.41) is 12.4. The Balaban J connectivity index is 1.47. The van der Waals surface area contributed by atoms with E-state index in [1.54, 1.807) is 30.5 Å². The number of hydrogen-bond donors (Lipinski definition) is 2. The van der Waals surface area contributed by atoms with Crippen molar-refractivity contribution in [1.82, 2.24) is 9.97 Å². The van der Waals surface area contributed by atoms with E-state index in [1.165, 1.54) is 12.4 Å². The third-order valence-electron chi connectivity index (χ3n) is 5.47.